The lowest BCUT2D eigenvalue weighted by Crippen LogP contribution is -2.45. The van der Waals surface area contributed by atoms with Crippen molar-refractivity contribution in [1.29, 1.82) is 0 Å². The SMILES string of the molecule is Cc1cc(N2CCSC(C)C2C)nc(N)n1. The van der Waals surface area contributed by atoms with E-state index in [1.807, 2.05) is 24.8 Å². The van der Waals surface area contributed by atoms with Crippen molar-refractivity contribution in [2.75, 3.05) is 22.9 Å². The molecule has 1 fully saturated rings. The summed E-state index contributed by atoms with van der Waals surface area (Å²) in [5.41, 5.74) is 6.62. The third-order valence-electron chi connectivity index (χ3n) is 3.04. The van der Waals surface area contributed by atoms with Gasteiger partial charge in [-0.25, -0.2) is 4.98 Å². The molecular weight excluding hydrogens is 220 g/mol. The first-order valence-electron chi connectivity index (χ1n) is 5.57. The van der Waals surface area contributed by atoms with Crippen LogP contribution >= 0.6 is 11.8 Å². The van der Waals surface area contributed by atoms with Gasteiger partial charge in [-0.1, -0.05) is 6.92 Å². The number of hydrogen-bond donors (Lipinski definition) is 1. The molecule has 2 unspecified atom stereocenters. The maximum Gasteiger partial charge on any atom is 0.222 e. The van der Waals surface area contributed by atoms with Gasteiger partial charge in [0, 0.05) is 35.3 Å². The fourth-order valence-corrected chi connectivity index (χ4v) is 3.08. The van der Waals surface area contributed by atoms with Crippen LogP contribution in [0.25, 0.3) is 0 Å². The smallest absolute Gasteiger partial charge is 0.222 e. The fourth-order valence-electron chi connectivity index (χ4n) is 1.98. The molecule has 5 heteroatoms. The Bertz CT molecular complexity index is 362. The predicted octanol–water partition coefficient (Wildman–Crippen LogP) is 1.70. The minimum Gasteiger partial charge on any atom is -0.368 e. The van der Waals surface area contributed by atoms with Crippen LogP contribution in [0.1, 0.15) is 19.5 Å². The second-order valence-corrected chi connectivity index (χ2v) is 5.72. The molecule has 4 nitrogen and oxygen atoms in total. The van der Waals surface area contributed by atoms with Crippen LogP contribution in [0.3, 0.4) is 0 Å². The van der Waals surface area contributed by atoms with Crippen molar-refractivity contribution < 1.29 is 0 Å². The molecule has 2 heterocycles. The Morgan fingerprint density at radius 3 is 2.88 bits per heavy atom. The molecule has 2 rings (SSSR count). The van der Waals surface area contributed by atoms with Gasteiger partial charge in [0.05, 0.1) is 0 Å². The van der Waals surface area contributed by atoms with E-state index in [4.69, 9.17) is 5.73 Å². The summed E-state index contributed by atoms with van der Waals surface area (Å²) in [5.74, 6) is 2.48. The lowest BCUT2D eigenvalue weighted by atomic mass is 10.2. The molecule has 1 saturated heterocycles. The molecule has 1 aromatic heterocycles. The normalized spacial score (nSPS) is 25.8. The Morgan fingerprint density at radius 1 is 1.44 bits per heavy atom. The first kappa shape index (κ1) is 11.5. The van der Waals surface area contributed by atoms with Crippen LogP contribution in [0.2, 0.25) is 0 Å². The van der Waals surface area contributed by atoms with Gasteiger partial charge < -0.3 is 10.6 Å². The zero-order valence-electron chi connectivity index (χ0n) is 9.97. The molecule has 0 saturated carbocycles. The number of nitrogens with two attached hydrogens (primary N) is 1. The number of thioether (sulfide) groups is 1. The highest BCUT2D eigenvalue weighted by atomic mass is 32.2. The van der Waals surface area contributed by atoms with E-state index < -0.39 is 0 Å². The summed E-state index contributed by atoms with van der Waals surface area (Å²) in [6.45, 7) is 7.49. The molecule has 88 valence electrons. The van der Waals surface area contributed by atoms with Crippen molar-refractivity contribution in [2.24, 2.45) is 0 Å². The quantitative estimate of drug-likeness (QED) is 0.807. The largest absolute Gasteiger partial charge is 0.368 e. The van der Waals surface area contributed by atoms with Crippen molar-refractivity contribution in [3.8, 4) is 0 Å². The van der Waals surface area contributed by atoms with E-state index in [1.54, 1.807) is 0 Å². The average Bonchev–Trinajstić information content (AvgIpc) is 2.20. The van der Waals surface area contributed by atoms with Gasteiger partial charge in [-0.3, -0.25) is 0 Å². The van der Waals surface area contributed by atoms with Gasteiger partial charge in [-0.2, -0.15) is 16.7 Å². The fraction of sp³-hybridized carbons (Fsp3) is 0.636. The number of nitrogen functional groups attached to an aromatic ring is 1. The molecule has 2 atom stereocenters. The summed E-state index contributed by atoms with van der Waals surface area (Å²) >= 11 is 2.02. The molecule has 0 amide bonds. The zero-order chi connectivity index (χ0) is 11.7. The number of rotatable bonds is 1. The lowest BCUT2D eigenvalue weighted by Gasteiger charge is -2.38. The van der Waals surface area contributed by atoms with Crippen molar-refractivity contribution in [1.82, 2.24) is 9.97 Å². The average molecular weight is 238 g/mol. The summed E-state index contributed by atoms with van der Waals surface area (Å²) in [7, 11) is 0. The summed E-state index contributed by atoms with van der Waals surface area (Å²) in [6.07, 6.45) is 0. The molecule has 0 aromatic carbocycles. The van der Waals surface area contributed by atoms with E-state index in [9.17, 15) is 0 Å². The Hall–Kier alpha value is -0.970. The van der Waals surface area contributed by atoms with Crippen LogP contribution in [-0.2, 0) is 0 Å². The minimum atomic E-state index is 0.369. The highest BCUT2D eigenvalue weighted by Gasteiger charge is 2.26. The molecule has 0 bridgehead atoms. The van der Waals surface area contributed by atoms with E-state index in [0.717, 1.165) is 23.8 Å². The van der Waals surface area contributed by atoms with Gasteiger partial charge in [0.15, 0.2) is 0 Å². The van der Waals surface area contributed by atoms with Crippen molar-refractivity contribution >= 4 is 23.5 Å². The maximum absolute atomic E-state index is 5.69. The molecule has 1 aliphatic heterocycles. The second-order valence-electron chi connectivity index (χ2n) is 4.24. The van der Waals surface area contributed by atoms with Gasteiger partial charge in [0.2, 0.25) is 5.95 Å². The molecule has 1 aromatic rings. The number of hydrogen-bond acceptors (Lipinski definition) is 5. The van der Waals surface area contributed by atoms with Gasteiger partial charge in [0.25, 0.3) is 0 Å². The Morgan fingerprint density at radius 2 is 2.19 bits per heavy atom. The van der Waals surface area contributed by atoms with Crippen molar-refractivity contribution in [3.63, 3.8) is 0 Å². The molecule has 0 radical (unpaired) electrons. The highest BCUT2D eigenvalue weighted by Crippen LogP contribution is 2.28. The van der Waals surface area contributed by atoms with Crippen LogP contribution in [0.15, 0.2) is 6.07 Å². The van der Waals surface area contributed by atoms with Gasteiger partial charge in [-0.15, -0.1) is 0 Å². The van der Waals surface area contributed by atoms with Crippen LogP contribution in [0.4, 0.5) is 11.8 Å². The third-order valence-corrected chi connectivity index (χ3v) is 4.37. The monoisotopic (exact) mass is 238 g/mol. The highest BCUT2D eigenvalue weighted by molar-refractivity contribution is 8.00. The Kier molecular flexibility index (Phi) is 3.23. The Balaban J connectivity index is 2.28. The van der Waals surface area contributed by atoms with Gasteiger partial charge >= 0.3 is 0 Å². The molecule has 0 aliphatic carbocycles. The zero-order valence-corrected chi connectivity index (χ0v) is 10.8. The van der Waals surface area contributed by atoms with Crippen LogP contribution in [0.5, 0.6) is 0 Å². The van der Waals surface area contributed by atoms with Gasteiger partial charge in [-0.05, 0) is 13.8 Å². The summed E-state index contributed by atoms with van der Waals surface area (Å²) < 4.78 is 0. The number of nitrogens with zero attached hydrogens (tertiary/aromatic N) is 3. The number of aromatic nitrogens is 2. The molecule has 16 heavy (non-hydrogen) atoms. The Labute approximate surface area is 101 Å². The number of aryl methyl sites for hydroxylation is 1. The topological polar surface area (TPSA) is 55.0 Å². The molecule has 1 aliphatic rings. The van der Waals surface area contributed by atoms with Crippen LogP contribution in [0, 0.1) is 6.92 Å². The van der Waals surface area contributed by atoms with E-state index in [1.165, 1.54) is 0 Å². The lowest BCUT2D eigenvalue weighted by molar-refractivity contribution is 0.620. The molecule has 0 spiro atoms. The van der Waals surface area contributed by atoms with Crippen molar-refractivity contribution in [2.45, 2.75) is 32.1 Å². The maximum atomic E-state index is 5.69. The minimum absolute atomic E-state index is 0.369. The number of anilines is 2. The summed E-state index contributed by atoms with van der Waals surface area (Å²) in [5, 5.41) is 0.630. The predicted molar refractivity (Wildman–Crippen MR) is 69.9 cm³/mol. The molecular formula is C11H18N4S. The third kappa shape index (κ3) is 2.24. The van der Waals surface area contributed by atoms with E-state index >= 15 is 0 Å². The summed E-state index contributed by atoms with van der Waals surface area (Å²) in [6, 6.07) is 2.50. The summed E-state index contributed by atoms with van der Waals surface area (Å²) in [4.78, 5) is 10.8. The van der Waals surface area contributed by atoms with Crippen molar-refractivity contribution in [3.05, 3.63) is 11.8 Å². The van der Waals surface area contributed by atoms with E-state index in [-0.39, 0.29) is 0 Å². The van der Waals surface area contributed by atoms with Crippen LogP contribution in [-0.4, -0.2) is 33.6 Å². The standard InChI is InChI=1S/C11H18N4S/c1-7-6-10(14-11(12)13-7)15-4-5-16-9(3)8(15)2/h6,8-9H,4-5H2,1-3H3,(H2,12,13,14). The van der Waals surface area contributed by atoms with Gasteiger partial charge in [0.1, 0.15) is 5.82 Å². The van der Waals surface area contributed by atoms with E-state index in [0.29, 0.717) is 17.2 Å². The van der Waals surface area contributed by atoms with Crippen LogP contribution < -0.4 is 10.6 Å². The first-order chi connectivity index (χ1) is 7.58. The second kappa shape index (κ2) is 4.49. The van der Waals surface area contributed by atoms with E-state index in [2.05, 4.69) is 28.7 Å². The molecule has 2 N–H and O–H groups in total. The first-order valence-corrected chi connectivity index (χ1v) is 6.62.